The van der Waals surface area contributed by atoms with Gasteiger partial charge in [0.1, 0.15) is 0 Å². The molecule has 1 aliphatic rings. The van der Waals surface area contributed by atoms with Gasteiger partial charge in [-0.1, -0.05) is 5.16 Å². The van der Waals surface area contributed by atoms with Crippen molar-refractivity contribution in [3.05, 3.63) is 0 Å². The van der Waals surface area contributed by atoms with Gasteiger partial charge >= 0.3 is 0 Å². The van der Waals surface area contributed by atoms with Gasteiger partial charge in [-0.2, -0.15) is 0 Å². The fourth-order valence-electron chi connectivity index (χ4n) is 1.73. The fourth-order valence-corrected chi connectivity index (χ4v) is 1.73. The number of ether oxygens (including phenoxy) is 1. The Bertz CT molecular complexity index is 154. The summed E-state index contributed by atoms with van der Waals surface area (Å²) in [4.78, 5) is 0. The van der Waals surface area contributed by atoms with Crippen LogP contribution < -0.4 is 5.32 Å². The van der Waals surface area contributed by atoms with Crippen molar-refractivity contribution in [3.8, 4) is 0 Å². The number of nitrogens with zero attached hydrogens (tertiary/aromatic N) is 1. The standard InChI is InChI=1S/C9H18N2O2/c1-10-8-2-4-9(5-3-8)13-7-6-11-12/h6,8-10,12H,2-5,7H2,1H3/b11-6+. The van der Waals surface area contributed by atoms with Gasteiger partial charge in [0.25, 0.3) is 0 Å². The normalized spacial score (nSPS) is 29.6. The monoisotopic (exact) mass is 186 g/mol. The highest BCUT2D eigenvalue weighted by atomic mass is 16.5. The molecule has 1 fully saturated rings. The predicted octanol–water partition coefficient (Wildman–Crippen LogP) is 0.994. The first-order valence-electron chi connectivity index (χ1n) is 4.81. The van der Waals surface area contributed by atoms with Gasteiger partial charge in [-0.15, -0.1) is 0 Å². The predicted molar refractivity (Wildman–Crippen MR) is 51.3 cm³/mol. The average molecular weight is 186 g/mol. The van der Waals surface area contributed by atoms with Crippen LogP contribution in [0.5, 0.6) is 0 Å². The number of hydrogen-bond acceptors (Lipinski definition) is 4. The van der Waals surface area contributed by atoms with Crippen molar-refractivity contribution in [2.45, 2.75) is 37.8 Å². The van der Waals surface area contributed by atoms with Crippen LogP contribution in [0.15, 0.2) is 5.16 Å². The number of oxime groups is 1. The van der Waals surface area contributed by atoms with Crippen molar-refractivity contribution >= 4 is 6.21 Å². The molecule has 0 atom stereocenters. The quantitative estimate of drug-likeness (QED) is 0.391. The van der Waals surface area contributed by atoms with E-state index in [2.05, 4.69) is 10.5 Å². The maximum atomic E-state index is 8.16. The van der Waals surface area contributed by atoms with Crippen LogP contribution in [0, 0.1) is 0 Å². The lowest BCUT2D eigenvalue weighted by molar-refractivity contribution is 0.0470. The Hall–Kier alpha value is -0.610. The lowest BCUT2D eigenvalue weighted by atomic mass is 9.93. The van der Waals surface area contributed by atoms with Crippen molar-refractivity contribution in [2.75, 3.05) is 13.7 Å². The molecule has 0 aromatic carbocycles. The molecule has 76 valence electrons. The van der Waals surface area contributed by atoms with Gasteiger partial charge in [0.05, 0.1) is 18.9 Å². The van der Waals surface area contributed by atoms with Crippen molar-refractivity contribution in [1.29, 1.82) is 0 Å². The van der Waals surface area contributed by atoms with Gasteiger partial charge < -0.3 is 15.3 Å². The van der Waals surface area contributed by atoms with E-state index in [1.807, 2.05) is 7.05 Å². The van der Waals surface area contributed by atoms with Crippen molar-refractivity contribution in [2.24, 2.45) is 5.16 Å². The summed E-state index contributed by atoms with van der Waals surface area (Å²) in [5.41, 5.74) is 0. The van der Waals surface area contributed by atoms with Gasteiger partial charge in [0, 0.05) is 6.04 Å². The first-order chi connectivity index (χ1) is 6.36. The molecule has 1 aliphatic carbocycles. The molecule has 0 spiro atoms. The summed E-state index contributed by atoms with van der Waals surface area (Å²) >= 11 is 0. The highest BCUT2D eigenvalue weighted by Crippen LogP contribution is 2.20. The molecule has 2 N–H and O–H groups in total. The van der Waals surface area contributed by atoms with E-state index in [1.54, 1.807) is 0 Å². The van der Waals surface area contributed by atoms with E-state index in [-0.39, 0.29) is 0 Å². The van der Waals surface area contributed by atoms with Crippen molar-refractivity contribution < 1.29 is 9.94 Å². The topological polar surface area (TPSA) is 53.8 Å². The summed E-state index contributed by atoms with van der Waals surface area (Å²) in [7, 11) is 2.00. The molecule has 0 heterocycles. The Kier molecular flexibility index (Phi) is 4.78. The molecule has 4 nitrogen and oxygen atoms in total. The molecular weight excluding hydrogens is 168 g/mol. The zero-order valence-corrected chi connectivity index (χ0v) is 8.07. The molecule has 0 saturated heterocycles. The van der Waals surface area contributed by atoms with Crippen LogP contribution in [0.1, 0.15) is 25.7 Å². The van der Waals surface area contributed by atoms with Gasteiger partial charge in [-0.3, -0.25) is 0 Å². The second-order valence-electron chi connectivity index (χ2n) is 3.39. The van der Waals surface area contributed by atoms with E-state index in [9.17, 15) is 0 Å². The van der Waals surface area contributed by atoms with Crippen molar-refractivity contribution in [3.63, 3.8) is 0 Å². The Morgan fingerprint density at radius 2 is 2.15 bits per heavy atom. The Labute approximate surface area is 79.0 Å². The van der Waals surface area contributed by atoms with E-state index in [1.165, 1.54) is 19.1 Å². The molecule has 0 amide bonds. The van der Waals surface area contributed by atoms with E-state index in [0.29, 0.717) is 18.8 Å². The lowest BCUT2D eigenvalue weighted by Crippen LogP contribution is -2.33. The van der Waals surface area contributed by atoms with Gasteiger partial charge in [0.2, 0.25) is 0 Å². The highest BCUT2D eigenvalue weighted by molar-refractivity contribution is 5.57. The molecule has 0 unspecified atom stereocenters. The average Bonchev–Trinajstić information content (AvgIpc) is 2.19. The summed E-state index contributed by atoms with van der Waals surface area (Å²) < 4.78 is 5.48. The maximum absolute atomic E-state index is 8.16. The molecule has 1 saturated carbocycles. The van der Waals surface area contributed by atoms with Gasteiger partial charge in [-0.05, 0) is 32.7 Å². The smallest absolute Gasteiger partial charge is 0.0855 e. The van der Waals surface area contributed by atoms with Gasteiger partial charge in [0.15, 0.2) is 0 Å². The van der Waals surface area contributed by atoms with Gasteiger partial charge in [-0.25, -0.2) is 0 Å². The Balaban J connectivity index is 2.10. The van der Waals surface area contributed by atoms with E-state index in [0.717, 1.165) is 12.8 Å². The van der Waals surface area contributed by atoms with Crippen LogP contribution in [0.25, 0.3) is 0 Å². The zero-order valence-electron chi connectivity index (χ0n) is 8.07. The summed E-state index contributed by atoms with van der Waals surface area (Å²) in [6, 6.07) is 0.659. The fraction of sp³-hybridized carbons (Fsp3) is 0.889. The molecule has 1 rings (SSSR count). The van der Waals surface area contributed by atoms with Crippen LogP contribution in [0.3, 0.4) is 0 Å². The van der Waals surface area contributed by atoms with Crippen LogP contribution in [0.2, 0.25) is 0 Å². The molecule has 0 aromatic rings. The second-order valence-corrected chi connectivity index (χ2v) is 3.39. The third-order valence-electron chi connectivity index (χ3n) is 2.57. The zero-order chi connectivity index (χ0) is 9.52. The Morgan fingerprint density at radius 3 is 2.69 bits per heavy atom. The van der Waals surface area contributed by atoms with Crippen molar-refractivity contribution in [1.82, 2.24) is 5.32 Å². The minimum absolute atomic E-state index is 0.350. The Morgan fingerprint density at radius 1 is 1.46 bits per heavy atom. The third-order valence-corrected chi connectivity index (χ3v) is 2.57. The molecule has 4 heteroatoms. The van der Waals surface area contributed by atoms with Crippen LogP contribution in [-0.4, -0.2) is 37.2 Å². The number of hydrogen-bond donors (Lipinski definition) is 2. The summed E-state index contributed by atoms with van der Waals surface area (Å²) in [5.74, 6) is 0. The first kappa shape index (κ1) is 10.5. The number of nitrogens with one attached hydrogen (secondary N) is 1. The van der Waals surface area contributed by atoms with E-state index in [4.69, 9.17) is 9.94 Å². The molecule has 0 aromatic heterocycles. The SMILES string of the molecule is CNC1CCC(OC/C=N/O)CC1. The highest BCUT2D eigenvalue weighted by Gasteiger charge is 2.19. The van der Waals surface area contributed by atoms with Crippen LogP contribution in [-0.2, 0) is 4.74 Å². The number of rotatable bonds is 4. The molecule has 0 aliphatic heterocycles. The lowest BCUT2D eigenvalue weighted by Gasteiger charge is -2.27. The van der Waals surface area contributed by atoms with Crippen LogP contribution in [0.4, 0.5) is 0 Å². The minimum Gasteiger partial charge on any atom is -0.411 e. The minimum atomic E-state index is 0.350. The summed E-state index contributed by atoms with van der Waals surface area (Å²) in [6.45, 7) is 0.422. The third kappa shape index (κ3) is 3.74. The molecule has 13 heavy (non-hydrogen) atoms. The molecule has 0 bridgehead atoms. The maximum Gasteiger partial charge on any atom is 0.0855 e. The first-order valence-corrected chi connectivity index (χ1v) is 4.81. The van der Waals surface area contributed by atoms with E-state index < -0.39 is 0 Å². The summed E-state index contributed by atoms with van der Waals surface area (Å²) in [5, 5.41) is 14.3. The molecule has 0 radical (unpaired) electrons. The molecular formula is C9H18N2O2. The largest absolute Gasteiger partial charge is 0.411 e. The van der Waals surface area contributed by atoms with Crippen LogP contribution >= 0.6 is 0 Å². The van der Waals surface area contributed by atoms with E-state index >= 15 is 0 Å². The summed E-state index contributed by atoms with van der Waals surface area (Å²) in [6.07, 6.45) is 6.29. The second kappa shape index (κ2) is 5.94.